The second kappa shape index (κ2) is 8.35. The molecule has 0 atom stereocenters. The molecule has 0 radical (unpaired) electrons. The lowest BCUT2D eigenvalue weighted by molar-refractivity contribution is 0.0672. The Morgan fingerprint density at radius 1 is 1.03 bits per heavy atom. The second-order valence-electron chi connectivity index (χ2n) is 7.80. The molecule has 1 fully saturated rings. The van der Waals surface area contributed by atoms with Gasteiger partial charge in [0, 0.05) is 29.2 Å². The van der Waals surface area contributed by atoms with E-state index in [1.54, 1.807) is 19.5 Å². The number of aromatic nitrogens is 3. The van der Waals surface area contributed by atoms with Gasteiger partial charge in [0.2, 0.25) is 5.95 Å². The van der Waals surface area contributed by atoms with Gasteiger partial charge in [-0.15, -0.1) is 0 Å². The summed E-state index contributed by atoms with van der Waals surface area (Å²) in [5.74, 6) is 2.00. The molecule has 7 heteroatoms. The minimum absolute atomic E-state index is 0.0968. The Labute approximate surface area is 180 Å². The summed E-state index contributed by atoms with van der Waals surface area (Å²) >= 11 is 0. The van der Waals surface area contributed by atoms with Crippen molar-refractivity contribution < 1.29 is 14.6 Å². The van der Waals surface area contributed by atoms with Crippen LogP contribution in [0.15, 0.2) is 54.9 Å². The predicted molar refractivity (Wildman–Crippen MR) is 120 cm³/mol. The first-order valence-electron chi connectivity index (χ1n) is 10.5. The molecule has 0 amide bonds. The summed E-state index contributed by atoms with van der Waals surface area (Å²) in [6.45, 7) is 0. The van der Waals surface area contributed by atoms with Crippen LogP contribution < -0.4 is 14.8 Å². The minimum Gasteiger partial charge on any atom is -0.497 e. The van der Waals surface area contributed by atoms with Gasteiger partial charge in [0.15, 0.2) is 0 Å². The molecule has 2 aromatic carbocycles. The van der Waals surface area contributed by atoms with Crippen LogP contribution in [0.2, 0.25) is 0 Å². The lowest BCUT2D eigenvalue weighted by Crippen LogP contribution is -2.26. The number of aliphatic hydroxyl groups excluding tert-OH is 1. The molecule has 4 aromatic rings. The normalized spacial score (nSPS) is 18.8. The van der Waals surface area contributed by atoms with E-state index in [1.807, 2.05) is 42.5 Å². The molecule has 2 N–H and O–H groups in total. The van der Waals surface area contributed by atoms with Crippen LogP contribution in [-0.2, 0) is 0 Å². The smallest absolute Gasteiger partial charge is 0.227 e. The SMILES string of the molecule is COc1ccc2c(Nc3ncc4cccc(OC5CCC(O)CC5)c4n3)ccnc2c1. The number of rotatable bonds is 5. The van der Waals surface area contributed by atoms with Crippen LogP contribution in [0.25, 0.3) is 21.8 Å². The van der Waals surface area contributed by atoms with Crippen molar-refractivity contribution in [2.24, 2.45) is 0 Å². The molecular weight excluding hydrogens is 392 g/mol. The molecule has 7 nitrogen and oxygen atoms in total. The molecule has 0 saturated heterocycles. The van der Waals surface area contributed by atoms with Gasteiger partial charge in [-0.1, -0.05) is 12.1 Å². The summed E-state index contributed by atoms with van der Waals surface area (Å²) in [6.07, 6.45) is 6.68. The van der Waals surface area contributed by atoms with Crippen molar-refractivity contribution in [2.45, 2.75) is 37.9 Å². The van der Waals surface area contributed by atoms with E-state index >= 15 is 0 Å². The Kier molecular flexibility index (Phi) is 5.26. The zero-order valence-electron chi connectivity index (χ0n) is 17.3. The molecular formula is C24H24N4O3. The lowest BCUT2D eigenvalue weighted by atomic mass is 9.95. The second-order valence-corrected chi connectivity index (χ2v) is 7.80. The molecule has 1 aliphatic carbocycles. The summed E-state index contributed by atoms with van der Waals surface area (Å²) in [5.41, 5.74) is 2.46. The van der Waals surface area contributed by atoms with Crippen molar-refractivity contribution >= 4 is 33.4 Å². The van der Waals surface area contributed by atoms with Crippen LogP contribution in [0.5, 0.6) is 11.5 Å². The van der Waals surface area contributed by atoms with E-state index in [0.29, 0.717) is 5.95 Å². The molecule has 0 aliphatic heterocycles. The lowest BCUT2D eigenvalue weighted by Gasteiger charge is -2.26. The molecule has 1 saturated carbocycles. The fourth-order valence-corrected chi connectivity index (χ4v) is 4.01. The predicted octanol–water partition coefficient (Wildman–Crippen LogP) is 4.61. The molecule has 0 bridgehead atoms. The van der Waals surface area contributed by atoms with Gasteiger partial charge in [-0.3, -0.25) is 4.98 Å². The van der Waals surface area contributed by atoms with E-state index in [-0.39, 0.29) is 12.2 Å². The summed E-state index contributed by atoms with van der Waals surface area (Å²) in [7, 11) is 1.64. The Bertz CT molecular complexity index is 1220. The number of benzene rings is 2. The summed E-state index contributed by atoms with van der Waals surface area (Å²) in [5, 5.41) is 14.9. The number of ether oxygens (including phenoxy) is 2. The number of para-hydroxylation sites is 1. The number of anilines is 2. The zero-order valence-corrected chi connectivity index (χ0v) is 17.3. The molecule has 31 heavy (non-hydrogen) atoms. The molecule has 0 unspecified atom stereocenters. The van der Waals surface area contributed by atoms with Gasteiger partial charge in [-0.2, -0.15) is 0 Å². The highest BCUT2D eigenvalue weighted by atomic mass is 16.5. The third-order valence-corrected chi connectivity index (χ3v) is 5.71. The van der Waals surface area contributed by atoms with Crippen molar-refractivity contribution in [2.75, 3.05) is 12.4 Å². The van der Waals surface area contributed by atoms with Gasteiger partial charge in [0.25, 0.3) is 0 Å². The van der Waals surface area contributed by atoms with Crippen LogP contribution >= 0.6 is 0 Å². The summed E-state index contributed by atoms with van der Waals surface area (Å²) in [4.78, 5) is 13.7. The van der Waals surface area contributed by atoms with Crippen LogP contribution in [0.3, 0.4) is 0 Å². The quantitative estimate of drug-likeness (QED) is 0.491. The first kappa shape index (κ1) is 19.5. The van der Waals surface area contributed by atoms with Gasteiger partial charge in [0.1, 0.15) is 17.0 Å². The Morgan fingerprint density at radius 3 is 2.74 bits per heavy atom. The summed E-state index contributed by atoms with van der Waals surface area (Å²) in [6, 6.07) is 13.5. The van der Waals surface area contributed by atoms with E-state index in [1.165, 1.54) is 0 Å². The fraction of sp³-hybridized carbons (Fsp3) is 0.292. The maximum Gasteiger partial charge on any atom is 0.227 e. The minimum atomic E-state index is -0.208. The van der Waals surface area contributed by atoms with Gasteiger partial charge in [0.05, 0.1) is 30.5 Å². The topological polar surface area (TPSA) is 89.4 Å². The average molecular weight is 416 g/mol. The van der Waals surface area contributed by atoms with Crippen molar-refractivity contribution in [1.82, 2.24) is 15.0 Å². The highest BCUT2D eigenvalue weighted by Crippen LogP contribution is 2.31. The summed E-state index contributed by atoms with van der Waals surface area (Å²) < 4.78 is 11.6. The first-order valence-corrected chi connectivity index (χ1v) is 10.5. The molecule has 2 heterocycles. The maximum atomic E-state index is 9.75. The van der Waals surface area contributed by atoms with E-state index in [0.717, 1.165) is 64.7 Å². The number of hydrogen-bond acceptors (Lipinski definition) is 7. The molecule has 2 aromatic heterocycles. The number of nitrogens with one attached hydrogen (secondary N) is 1. The first-order chi connectivity index (χ1) is 15.2. The van der Waals surface area contributed by atoms with Gasteiger partial charge in [-0.25, -0.2) is 9.97 Å². The van der Waals surface area contributed by atoms with Gasteiger partial charge in [-0.05, 0) is 49.9 Å². The number of aliphatic hydroxyl groups is 1. The van der Waals surface area contributed by atoms with E-state index in [2.05, 4.69) is 15.3 Å². The van der Waals surface area contributed by atoms with E-state index in [9.17, 15) is 5.11 Å². The third kappa shape index (κ3) is 4.09. The van der Waals surface area contributed by atoms with Crippen LogP contribution in [0, 0.1) is 0 Å². The Morgan fingerprint density at radius 2 is 1.90 bits per heavy atom. The molecule has 158 valence electrons. The molecule has 5 rings (SSSR count). The fourth-order valence-electron chi connectivity index (χ4n) is 4.01. The van der Waals surface area contributed by atoms with Crippen molar-refractivity contribution in [3.63, 3.8) is 0 Å². The van der Waals surface area contributed by atoms with Crippen molar-refractivity contribution in [3.8, 4) is 11.5 Å². The Balaban J connectivity index is 1.45. The van der Waals surface area contributed by atoms with E-state index in [4.69, 9.17) is 14.5 Å². The van der Waals surface area contributed by atoms with Crippen molar-refractivity contribution in [3.05, 3.63) is 54.9 Å². The molecule has 1 aliphatic rings. The number of pyridine rings is 1. The number of fused-ring (bicyclic) bond motifs is 2. The highest BCUT2D eigenvalue weighted by Gasteiger charge is 2.21. The van der Waals surface area contributed by atoms with Crippen LogP contribution in [0.1, 0.15) is 25.7 Å². The van der Waals surface area contributed by atoms with E-state index < -0.39 is 0 Å². The van der Waals surface area contributed by atoms with Crippen LogP contribution in [-0.4, -0.2) is 39.4 Å². The number of hydrogen-bond donors (Lipinski definition) is 2. The molecule has 0 spiro atoms. The van der Waals surface area contributed by atoms with Crippen LogP contribution in [0.4, 0.5) is 11.6 Å². The van der Waals surface area contributed by atoms with Gasteiger partial charge >= 0.3 is 0 Å². The zero-order chi connectivity index (χ0) is 21.2. The average Bonchev–Trinajstić information content (AvgIpc) is 2.81. The largest absolute Gasteiger partial charge is 0.497 e. The maximum absolute atomic E-state index is 9.75. The van der Waals surface area contributed by atoms with Crippen molar-refractivity contribution in [1.29, 1.82) is 0 Å². The highest BCUT2D eigenvalue weighted by molar-refractivity contribution is 5.93. The number of methoxy groups -OCH3 is 1. The third-order valence-electron chi connectivity index (χ3n) is 5.71. The monoisotopic (exact) mass is 416 g/mol. The van der Waals surface area contributed by atoms with Gasteiger partial charge < -0.3 is 19.9 Å². The standard InChI is InChI=1S/C24H24N4O3/c1-30-18-9-10-19-20(11-12-25-21(19)13-18)27-24-26-14-15-3-2-4-22(23(15)28-24)31-17-7-5-16(29)6-8-17/h2-4,9-14,16-17,29H,5-8H2,1H3,(H,25,26,27,28). The number of nitrogens with zero attached hydrogens (tertiary/aromatic N) is 3. The Hall–Kier alpha value is -3.45.